The fourth-order valence-electron chi connectivity index (χ4n) is 2.95. The molecular weight excluding hydrogens is 308 g/mol. The Morgan fingerprint density at radius 3 is 3.00 bits per heavy atom. The summed E-state index contributed by atoms with van der Waals surface area (Å²) in [6.07, 6.45) is 1.34. The lowest BCUT2D eigenvalue weighted by atomic mass is 10.2. The van der Waals surface area contributed by atoms with Gasteiger partial charge in [0.05, 0.1) is 15.6 Å². The van der Waals surface area contributed by atoms with Crippen molar-refractivity contribution in [3.05, 3.63) is 28.8 Å². The Balaban J connectivity index is 1.78. The van der Waals surface area contributed by atoms with Crippen LogP contribution in [0.5, 0.6) is 0 Å². The first-order valence-electron chi connectivity index (χ1n) is 6.94. The van der Waals surface area contributed by atoms with Crippen molar-refractivity contribution in [3.8, 4) is 0 Å². The zero-order valence-corrected chi connectivity index (χ0v) is 13.6. The van der Waals surface area contributed by atoms with Gasteiger partial charge in [0.2, 0.25) is 11.8 Å². The number of nitrogens with zero attached hydrogens (tertiary/aromatic N) is 1. The van der Waals surface area contributed by atoms with Crippen LogP contribution in [-0.2, 0) is 9.59 Å². The number of carbonyl (C=O) groups excluding carboxylic acids is 2. The number of thioether (sulfide) groups is 1. The van der Waals surface area contributed by atoms with E-state index < -0.39 is 6.04 Å². The van der Waals surface area contributed by atoms with Gasteiger partial charge in [-0.25, -0.2) is 0 Å². The highest BCUT2D eigenvalue weighted by Gasteiger charge is 2.52. The van der Waals surface area contributed by atoms with Gasteiger partial charge in [-0.3, -0.25) is 9.59 Å². The molecule has 0 radical (unpaired) electrons. The van der Waals surface area contributed by atoms with Crippen molar-refractivity contribution in [2.24, 2.45) is 0 Å². The van der Waals surface area contributed by atoms with E-state index in [9.17, 15) is 9.59 Å². The number of anilines is 1. The Bertz CT molecular complexity index is 622. The van der Waals surface area contributed by atoms with Crippen LogP contribution in [-0.4, -0.2) is 33.4 Å². The number of hydrogen-bond donors (Lipinski definition) is 1. The Kier molecular flexibility index (Phi) is 3.66. The highest BCUT2D eigenvalue weighted by molar-refractivity contribution is 8.01. The van der Waals surface area contributed by atoms with Gasteiger partial charge in [-0.15, -0.1) is 11.8 Å². The molecule has 0 aliphatic carbocycles. The van der Waals surface area contributed by atoms with Gasteiger partial charge >= 0.3 is 0 Å². The van der Waals surface area contributed by atoms with Gasteiger partial charge < -0.3 is 10.2 Å². The second-order valence-corrected chi connectivity index (χ2v) is 7.65. The van der Waals surface area contributed by atoms with Crippen LogP contribution in [0.3, 0.4) is 0 Å². The lowest BCUT2D eigenvalue weighted by Crippen LogP contribution is -2.48. The Labute approximate surface area is 133 Å². The number of amides is 2. The van der Waals surface area contributed by atoms with Crippen molar-refractivity contribution >= 4 is 40.9 Å². The molecule has 4 nitrogen and oxygen atoms in total. The van der Waals surface area contributed by atoms with Crippen LogP contribution in [0, 0.1) is 6.92 Å². The van der Waals surface area contributed by atoms with Crippen molar-refractivity contribution in [1.29, 1.82) is 0 Å². The van der Waals surface area contributed by atoms with Gasteiger partial charge in [-0.2, -0.15) is 0 Å². The third-order valence-electron chi connectivity index (χ3n) is 4.13. The van der Waals surface area contributed by atoms with E-state index in [0.717, 1.165) is 12.0 Å². The zero-order chi connectivity index (χ0) is 15.2. The Hall–Kier alpha value is -1.20. The minimum absolute atomic E-state index is 0.0673. The molecule has 0 spiro atoms. The van der Waals surface area contributed by atoms with Crippen molar-refractivity contribution in [2.75, 3.05) is 11.1 Å². The molecule has 0 unspecified atom stereocenters. The van der Waals surface area contributed by atoms with E-state index in [1.165, 1.54) is 0 Å². The second kappa shape index (κ2) is 5.21. The standard InChI is InChI=1S/C15H17ClN2O2S/c1-9-3-4-11(10(16)7-9)17-14(20)12-8-21-15(2)6-5-13(19)18(12)15/h3-4,7,12H,5-6,8H2,1-2H3,(H,17,20)/t12-,15+/m1/s1. The molecule has 2 heterocycles. The summed E-state index contributed by atoms with van der Waals surface area (Å²) < 4.78 is 0. The SMILES string of the molecule is Cc1ccc(NC(=O)[C@H]2CS[C@@]3(C)CCC(=O)N23)c(Cl)c1. The van der Waals surface area contributed by atoms with Crippen molar-refractivity contribution < 1.29 is 9.59 Å². The zero-order valence-electron chi connectivity index (χ0n) is 12.0. The topological polar surface area (TPSA) is 49.4 Å². The highest BCUT2D eigenvalue weighted by Crippen LogP contribution is 2.47. The summed E-state index contributed by atoms with van der Waals surface area (Å²) in [6, 6.07) is 5.09. The van der Waals surface area contributed by atoms with E-state index in [1.54, 1.807) is 22.7 Å². The lowest BCUT2D eigenvalue weighted by Gasteiger charge is -2.29. The molecule has 2 fully saturated rings. The number of halogens is 1. The lowest BCUT2D eigenvalue weighted by molar-refractivity contribution is -0.135. The summed E-state index contributed by atoms with van der Waals surface area (Å²) in [5.74, 6) is 0.544. The molecule has 2 saturated heterocycles. The van der Waals surface area contributed by atoms with Crippen LogP contribution in [0.4, 0.5) is 5.69 Å². The monoisotopic (exact) mass is 324 g/mol. The molecule has 0 aromatic heterocycles. The van der Waals surface area contributed by atoms with E-state index in [4.69, 9.17) is 11.6 Å². The molecule has 21 heavy (non-hydrogen) atoms. The van der Waals surface area contributed by atoms with Gasteiger partial charge in [0, 0.05) is 12.2 Å². The van der Waals surface area contributed by atoms with Gasteiger partial charge in [0.15, 0.2) is 0 Å². The van der Waals surface area contributed by atoms with E-state index >= 15 is 0 Å². The number of rotatable bonds is 2. The number of fused-ring (bicyclic) bond motifs is 1. The molecule has 2 atom stereocenters. The van der Waals surface area contributed by atoms with E-state index in [2.05, 4.69) is 5.32 Å². The van der Waals surface area contributed by atoms with Crippen LogP contribution in [0.2, 0.25) is 5.02 Å². The van der Waals surface area contributed by atoms with Gasteiger partial charge in [0.25, 0.3) is 0 Å². The van der Waals surface area contributed by atoms with Crippen molar-refractivity contribution in [1.82, 2.24) is 4.90 Å². The maximum atomic E-state index is 12.5. The maximum absolute atomic E-state index is 12.5. The first kappa shape index (κ1) is 14.7. The van der Waals surface area contributed by atoms with Crippen LogP contribution in [0.25, 0.3) is 0 Å². The number of hydrogen-bond acceptors (Lipinski definition) is 3. The highest BCUT2D eigenvalue weighted by atomic mass is 35.5. The first-order valence-corrected chi connectivity index (χ1v) is 8.30. The number of nitrogens with one attached hydrogen (secondary N) is 1. The van der Waals surface area contributed by atoms with Gasteiger partial charge in [-0.05, 0) is 38.0 Å². The van der Waals surface area contributed by atoms with Gasteiger partial charge in [-0.1, -0.05) is 17.7 Å². The molecule has 1 N–H and O–H groups in total. The summed E-state index contributed by atoms with van der Waals surface area (Å²) in [7, 11) is 0. The normalized spacial score (nSPS) is 27.9. The summed E-state index contributed by atoms with van der Waals surface area (Å²) in [6.45, 7) is 3.98. The molecule has 3 rings (SSSR count). The first-order chi connectivity index (χ1) is 9.90. The van der Waals surface area contributed by atoms with Crippen molar-refractivity contribution in [3.63, 3.8) is 0 Å². The minimum atomic E-state index is -0.410. The summed E-state index contributed by atoms with van der Waals surface area (Å²) in [5, 5.41) is 3.37. The quantitative estimate of drug-likeness (QED) is 0.909. The third kappa shape index (κ3) is 2.53. The third-order valence-corrected chi connectivity index (χ3v) is 5.95. The van der Waals surface area contributed by atoms with Crippen molar-refractivity contribution in [2.45, 2.75) is 37.6 Å². The second-order valence-electron chi connectivity index (χ2n) is 5.74. The van der Waals surface area contributed by atoms with Crippen LogP contribution >= 0.6 is 23.4 Å². The fraction of sp³-hybridized carbons (Fsp3) is 0.467. The Morgan fingerprint density at radius 1 is 1.52 bits per heavy atom. The molecule has 0 saturated carbocycles. The van der Waals surface area contributed by atoms with E-state index in [1.807, 2.05) is 26.0 Å². The predicted octanol–water partition coefficient (Wildman–Crippen LogP) is 3.04. The molecule has 112 valence electrons. The van der Waals surface area contributed by atoms with E-state index in [0.29, 0.717) is 22.9 Å². The molecular formula is C15H17ClN2O2S. The molecule has 0 bridgehead atoms. The predicted molar refractivity (Wildman–Crippen MR) is 85.5 cm³/mol. The maximum Gasteiger partial charge on any atom is 0.248 e. The average Bonchev–Trinajstić information content (AvgIpc) is 2.90. The molecule has 2 amide bonds. The van der Waals surface area contributed by atoms with Crippen LogP contribution in [0.1, 0.15) is 25.3 Å². The van der Waals surface area contributed by atoms with Gasteiger partial charge in [0.1, 0.15) is 6.04 Å². The minimum Gasteiger partial charge on any atom is -0.323 e. The van der Waals surface area contributed by atoms with Crippen LogP contribution < -0.4 is 5.32 Å². The molecule has 2 aliphatic heterocycles. The summed E-state index contributed by atoms with van der Waals surface area (Å²) in [5.41, 5.74) is 1.63. The number of carbonyl (C=O) groups is 2. The fourth-order valence-corrected chi connectivity index (χ4v) is 4.67. The molecule has 2 aliphatic rings. The summed E-state index contributed by atoms with van der Waals surface area (Å²) in [4.78, 5) is 26.1. The molecule has 1 aromatic carbocycles. The largest absolute Gasteiger partial charge is 0.323 e. The summed E-state index contributed by atoms with van der Waals surface area (Å²) >= 11 is 7.83. The Morgan fingerprint density at radius 2 is 2.29 bits per heavy atom. The molecule has 6 heteroatoms. The average molecular weight is 325 g/mol. The number of aryl methyl sites for hydroxylation is 1. The van der Waals surface area contributed by atoms with E-state index in [-0.39, 0.29) is 16.7 Å². The number of benzene rings is 1. The van der Waals surface area contributed by atoms with Crippen LogP contribution in [0.15, 0.2) is 18.2 Å². The smallest absolute Gasteiger partial charge is 0.248 e. The molecule has 1 aromatic rings.